The van der Waals surface area contributed by atoms with Crippen molar-refractivity contribution in [2.24, 2.45) is 0 Å². The van der Waals surface area contributed by atoms with Crippen molar-refractivity contribution in [3.8, 4) is 0 Å². The number of rotatable bonds is 10. The maximum absolute atomic E-state index is 13.6. The lowest BCUT2D eigenvalue weighted by Crippen LogP contribution is -2.41. The third kappa shape index (κ3) is 7.84. The molecule has 1 aliphatic heterocycles. The number of carbonyl (C=O) groups excluding carboxylic acids is 3. The number of fused-ring (bicyclic) bond motifs is 1. The van der Waals surface area contributed by atoms with Gasteiger partial charge in [0.15, 0.2) is 0 Å². The monoisotopic (exact) mass is 657 g/mol. The van der Waals surface area contributed by atoms with Crippen LogP contribution in [0.1, 0.15) is 69.6 Å². The number of benzene rings is 4. The number of hydrogen-bond acceptors (Lipinski definition) is 5. The molecule has 6 rings (SSSR count). The number of nitrogens with one attached hydrogen (secondary N) is 2. The Kier molecular flexibility index (Phi) is 10.1. The van der Waals surface area contributed by atoms with E-state index in [2.05, 4.69) is 34.4 Å². The van der Waals surface area contributed by atoms with Gasteiger partial charge in [-0.05, 0) is 98.0 Å². The number of halogens is 1. The molecular formula is C40H40FN5O3. The van der Waals surface area contributed by atoms with E-state index in [-0.39, 0.29) is 24.2 Å². The van der Waals surface area contributed by atoms with Gasteiger partial charge in [-0.15, -0.1) is 0 Å². The van der Waals surface area contributed by atoms with Crippen LogP contribution in [0.5, 0.6) is 0 Å². The largest absolute Gasteiger partial charge is 0.339 e. The summed E-state index contributed by atoms with van der Waals surface area (Å²) in [5.74, 6) is -0.571. The molecule has 3 amide bonds. The van der Waals surface area contributed by atoms with Gasteiger partial charge in [0, 0.05) is 42.7 Å². The molecule has 2 N–H and O–H groups in total. The first-order valence-electron chi connectivity index (χ1n) is 16.6. The molecule has 1 aliphatic rings. The molecule has 2 atom stereocenters. The van der Waals surface area contributed by atoms with Crippen LogP contribution in [-0.2, 0) is 11.3 Å². The van der Waals surface area contributed by atoms with Gasteiger partial charge in [0.05, 0.1) is 5.52 Å². The molecule has 1 aromatic heterocycles. The van der Waals surface area contributed by atoms with E-state index in [0.717, 1.165) is 30.6 Å². The summed E-state index contributed by atoms with van der Waals surface area (Å²) in [6.07, 6.45) is 1.01. The highest BCUT2D eigenvalue weighted by molar-refractivity contribution is 6.06. The Balaban J connectivity index is 1.16. The standard InChI is InChI=1S/C40H40FN5O3/c1-26(2)46-22-21-31(25-46)33-11-7-8-12-34(33)39(48)43-36-20-16-29-23-30(15-19-35(29)42-36)38(47)44-37(28-9-5-4-6-10-28)40(49)45(3)24-27-13-17-32(41)18-14-27/h4-20,23,26,31,37H,21-22,24-25H2,1-3H3,(H,44,47)(H,42,43,48)/t31?,37-/m0/s1. The van der Waals surface area contributed by atoms with Crippen LogP contribution in [0.4, 0.5) is 10.2 Å². The fourth-order valence-electron chi connectivity index (χ4n) is 6.40. The topological polar surface area (TPSA) is 94.6 Å². The van der Waals surface area contributed by atoms with E-state index in [1.54, 1.807) is 55.6 Å². The number of nitrogens with zero attached hydrogens (tertiary/aromatic N) is 3. The lowest BCUT2D eigenvalue weighted by Gasteiger charge is -2.25. The summed E-state index contributed by atoms with van der Waals surface area (Å²) in [4.78, 5) is 49.3. The first kappa shape index (κ1) is 33.5. The predicted molar refractivity (Wildman–Crippen MR) is 190 cm³/mol. The van der Waals surface area contributed by atoms with Gasteiger partial charge in [-0.25, -0.2) is 9.37 Å². The summed E-state index contributed by atoms with van der Waals surface area (Å²) in [5.41, 5.74) is 4.08. The number of likely N-dealkylation sites (N-methyl/N-ethyl adjacent to an activating group) is 1. The number of amides is 3. The zero-order valence-electron chi connectivity index (χ0n) is 27.9. The Bertz CT molecular complexity index is 1960. The average molecular weight is 658 g/mol. The molecule has 5 aromatic rings. The Labute approximate surface area is 286 Å². The molecule has 1 saturated heterocycles. The number of anilines is 1. The zero-order chi connectivity index (χ0) is 34.5. The van der Waals surface area contributed by atoms with Gasteiger partial charge in [-0.3, -0.25) is 14.4 Å². The van der Waals surface area contributed by atoms with Crippen LogP contribution in [0.25, 0.3) is 10.9 Å². The molecule has 1 fully saturated rings. The quantitative estimate of drug-likeness (QED) is 0.170. The minimum Gasteiger partial charge on any atom is -0.339 e. The van der Waals surface area contributed by atoms with Crippen molar-refractivity contribution in [3.05, 3.63) is 143 Å². The second-order valence-electron chi connectivity index (χ2n) is 12.9. The van der Waals surface area contributed by atoms with Crippen molar-refractivity contribution < 1.29 is 18.8 Å². The number of aromatic nitrogens is 1. The highest BCUT2D eigenvalue weighted by Gasteiger charge is 2.29. The van der Waals surface area contributed by atoms with E-state index in [1.807, 2.05) is 48.5 Å². The second-order valence-corrected chi connectivity index (χ2v) is 12.9. The van der Waals surface area contributed by atoms with Crippen LogP contribution in [-0.4, -0.2) is 58.7 Å². The van der Waals surface area contributed by atoms with Crippen LogP contribution in [0.2, 0.25) is 0 Å². The minimum absolute atomic E-state index is 0.206. The highest BCUT2D eigenvalue weighted by Crippen LogP contribution is 2.31. The van der Waals surface area contributed by atoms with Crippen LogP contribution < -0.4 is 10.6 Å². The van der Waals surface area contributed by atoms with Gasteiger partial charge in [0.2, 0.25) is 5.91 Å². The Morgan fingerprint density at radius 1 is 0.898 bits per heavy atom. The lowest BCUT2D eigenvalue weighted by molar-refractivity contribution is -0.132. The summed E-state index contributed by atoms with van der Waals surface area (Å²) >= 11 is 0. The van der Waals surface area contributed by atoms with Crippen molar-refractivity contribution in [2.75, 3.05) is 25.5 Å². The molecule has 8 nitrogen and oxygen atoms in total. The van der Waals surface area contributed by atoms with E-state index in [1.165, 1.54) is 17.0 Å². The van der Waals surface area contributed by atoms with E-state index in [4.69, 9.17) is 0 Å². The normalized spacial score (nSPS) is 15.2. The van der Waals surface area contributed by atoms with Crippen molar-refractivity contribution >= 4 is 34.4 Å². The predicted octanol–water partition coefficient (Wildman–Crippen LogP) is 6.95. The van der Waals surface area contributed by atoms with Gasteiger partial charge < -0.3 is 20.4 Å². The fourth-order valence-corrected chi connectivity index (χ4v) is 6.40. The summed E-state index contributed by atoms with van der Waals surface area (Å²) in [7, 11) is 1.65. The summed E-state index contributed by atoms with van der Waals surface area (Å²) in [6, 6.07) is 31.0. The van der Waals surface area contributed by atoms with E-state index in [0.29, 0.717) is 45.4 Å². The molecule has 9 heteroatoms. The number of hydrogen-bond donors (Lipinski definition) is 2. The zero-order valence-corrected chi connectivity index (χ0v) is 27.9. The molecule has 1 unspecified atom stereocenters. The maximum atomic E-state index is 13.6. The van der Waals surface area contributed by atoms with Gasteiger partial charge >= 0.3 is 0 Å². The van der Waals surface area contributed by atoms with Gasteiger partial charge in [-0.2, -0.15) is 0 Å². The first-order valence-corrected chi connectivity index (χ1v) is 16.6. The fraction of sp³-hybridized carbons (Fsp3) is 0.250. The maximum Gasteiger partial charge on any atom is 0.257 e. The van der Waals surface area contributed by atoms with Crippen LogP contribution in [0, 0.1) is 5.82 Å². The molecule has 0 bridgehead atoms. The number of carbonyl (C=O) groups is 3. The molecule has 4 aromatic carbocycles. The smallest absolute Gasteiger partial charge is 0.257 e. The summed E-state index contributed by atoms with van der Waals surface area (Å²) < 4.78 is 13.4. The number of pyridine rings is 1. The Morgan fingerprint density at radius 2 is 1.63 bits per heavy atom. The molecule has 250 valence electrons. The van der Waals surface area contributed by atoms with E-state index < -0.39 is 11.9 Å². The molecular weight excluding hydrogens is 617 g/mol. The summed E-state index contributed by atoms with van der Waals surface area (Å²) in [5, 5.41) is 6.59. The van der Waals surface area contributed by atoms with Crippen molar-refractivity contribution in [1.82, 2.24) is 20.1 Å². The molecule has 0 spiro atoms. The van der Waals surface area contributed by atoms with Crippen LogP contribution in [0.3, 0.4) is 0 Å². The second kappa shape index (κ2) is 14.8. The molecule has 0 aliphatic carbocycles. The first-order chi connectivity index (χ1) is 23.7. The lowest BCUT2D eigenvalue weighted by atomic mass is 9.93. The Hall–Kier alpha value is -5.41. The SMILES string of the molecule is CC(C)N1CCC(c2ccccc2C(=O)Nc2ccc3cc(C(=O)N[C@H](C(=O)N(C)Cc4ccc(F)cc4)c4ccccc4)ccc3n2)C1. The van der Waals surface area contributed by atoms with Gasteiger partial charge in [-0.1, -0.05) is 60.7 Å². The molecule has 49 heavy (non-hydrogen) atoms. The van der Waals surface area contributed by atoms with Crippen LogP contribution >= 0.6 is 0 Å². The van der Waals surface area contributed by atoms with Gasteiger partial charge in [0.25, 0.3) is 11.8 Å². The highest BCUT2D eigenvalue weighted by atomic mass is 19.1. The third-order valence-corrected chi connectivity index (χ3v) is 9.15. The van der Waals surface area contributed by atoms with Crippen molar-refractivity contribution in [1.29, 1.82) is 0 Å². The van der Waals surface area contributed by atoms with E-state index >= 15 is 0 Å². The average Bonchev–Trinajstić information content (AvgIpc) is 3.62. The summed E-state index contributed by atoms with van der Waals surface area (Å²) in [6.45, 7) is 6.59. The van der Waals surface area contributed by atoms with Crippen molar-refractivity contribution in [3.63, 3.8) is 0 Å². The molecule has 2 heterocycles. The van der Waals surface area contributed by atoms with Crippen molar-refractivity contribution in [2.45, 2.75) is 44.8 Å². The van der Waals surface area contributed by atoms with E-state index in [9.17, 15) is 18.8 Å². The van der Waals surface area contributed by atoms with Gasteiger partial charge in [0.1, 0.15) is 17.7 Å². The van der Waals surface area contributed by atoms with Crippen LogP contribution in [0.15, 0.2) is 109 Å². The minimum atomic E-state index is -0.939. The number of likely N-dealkylation sites (tertiary alicyclic amines) is 1. The molecule has 0 radical (unpaired) electrons. The Morgan fingerprint density at radius 3 is 2.37 bits per heavy atom. The molecule has 0 saturated carbocycles. The third-order valence-electron chi connectivity index (χ3n) is 9.15.